The molecule has 0 aliphatic rings. The van der Waals surface area contributed by atoms with E-state index in [0.29, 0.717) is 46.2 Å². The lowest BCUT2D eigenvalue weighted by Crippen LogP contribution is -2.02. The van der Waals surface area contributed by atoms with E-state index in [1.54, 1.807) is 0 Å². The summed E-state index contributed by atoms with van der Waals surface area (Å²) in [5.74, 6) is 3.38. The summed E-state index contributed by atoms with van der Waals surface area (Å²) >= 11 is 0. The van der Waals surface area contributed by atoms with E-state index in [1.807, 2.05) is 146 Å². The van der Waals surface area contributed by atoms with E-state index in [-0.39, 0.29) is 0 Å². The van der Waals surface area contributed by atoms with Gasteiger partial charge in [-0.25, -0.2) is 34.7 Å². The van der Waals surface area contributed by atoms with Crippen LogP contribution in [0, 0.1) is 17.9 Å². The Morgan fingerprint density at radius 2 is 0.509 bits per heavy atom. The van der Waals surface area contributed by atoms with Gasteiger partial charge in [-0.05, 0) is 155 Å². The molecule has 0 spiro atoms. The van der Waals surface area contributed by atoms with Crippen molar-refractivity contribution in [2.45, 2.75) is 0 Å². The van der Waals surface area contributed by atoms with Gasteiger partial charge in [0.1, 0.15) is 0 Å². The predicted molar refractivity (Wildman–Crippen MR) is 470 cm³/mol. The number of fused-ring (bicyclic) bond motifs is 12. The molecule has 0 aliphatic heterocycles. The second-order valence-electron chi connectivity index (χ2n) is 29.2. The Kier molecular flexibility index (Phi) is 15.7. The lowest BCUT2D eigenvalue weighted by atomic mass is 9.97. The molecule has 0 saturated carbocycles. The normalized spacial score (nSPS) is 11.6. The Morgan fingerprint density at radius 3 is 0.853 bits per heavy atom. The highest BCUT2D eigenvalue weighted by Crippen LogP contribution is 2.47. The number of rotatable bonds is 13. The van der Waals surface area contributed by atoms with Crippen LogP contribution >= 0.6 is 0 Å². The molecule has 0 N–H and O–H groups in total. The zero-order chi connectivity index (χ0) is 76.9. The van der Waals surface area contributed by atoms with Crippen LogP contribution < -0.4 is 0 Å². The first kappa shape index (κ1) is 66.7. The predicted octanol–water partition coefficient (Wildman–Crippen LogP) is 25.9. The van der Waals surface area contributed by atoms with Gasteiger partial charge < -0.3 is 18.3 Å². The van der Waals surface area contributed by atoms with Crippen molar-refractivity contribution in [3.8, 4) is 131 Å². The molecule has 0 amide bonds. The summed E-state index contributed by atoms with van der Waals surface area (Å²) in [6.45, 7) is 8.62. The van der Waals surface area contributed by atoms with Gasteiger partial charge >= 0.3 is 0 Å². The molecular weight excluding hydrogens is 1420 g/mol. The van der Waals surface area contributed by atoms with Gasteiger partial charge in [0.2, 0.25) is 0 Å². The third-order valence-corrected chi connectivity index (χ3v) is 22.4. The summed E-state index contributed by atoms with van der Waals surface area (Å²) in [5, 5.41) is 19.8. The minimum absolute atomic E-state index is 0.461. The van der Waals surface area contributed by atoms with Crippen molar-refractivity contribution >= 4 is 92.9 Å². The van der Waals surface area contributed by atoms with E-state index in [2.05, 4.69) is 260 Å². The third kappa shape index (κ3) is 11.2. The first-order valence-electron chi connectivity index (χ1n) is 38.6. The summed E-state index contributed by atoms with van der Waals surface area (Å²) in [6, 6.07) is 133. The summed E-state index contributed by atoms with van der Waals surface area (Å²) < 4.78 is 9.35. The van der Waals surface area contributed by atoms with Gasteiger partial charge in [0.05, 0.1) is 73.7 Å². The summed E-state index contributed by atoms with van der Waals surface area (Å²) in [6.07, 6.45) is 0. The molecule has 538 valence electrons. The Hall–Kier alpha value is -16.3. The number of benzene rings is 16. The first-order valence-corrected chi connectivity index (χ1v) is 38.6. The highest BCUT2D eigenvalue weighted by atomic mass is 15.1. The molecule has 0 aliphatic carbocycles. The van der Waals surface area contributed by atoms with E-state index in [9.17, 15) is 5.26 Å². The average Bonchev–Trinajstić information content (AvgIpc) is 1.58. The molecule has 0 fully saturated rings. The number of hydrogen-bond acceptors (Lipinski definition) is 7. The maximum absolute atomic E-state index is 11.0. The molecular formula is C104H62N12. The second-order valence-corrected chi connectivity index (χ2v) is 29.2. The number of aromatic nitrogens is 10. The van der Waals surface area contributed by atoms with Gasteiger partial charge in [0.25, 0.3) is 0 Å². The van der Waals surface area contributed by atoms with Crippen molar-refractivity contribution < 1.29 is 0 Å². The fraction of sp³-hybridized carbons (Fsp3) is 0. The fourth-order valence-electron chi connectivity index (χ4n) is 17.2. The quantitative estimate of drug-likeness (QED) is 0.105. The van der Waals surface area contributed by atoms with Crippen molar-refractivity contribution in [2.24, 2.45) is 0 Å². The largest absolute Gasteiger partial charge is 0.309 e. The third-order valence-electron chi connectivity index (χ3n) is 22.4. The Morgan fingerprint density at radius 1 is 0.224 bits per heavy atom. The van der Waals surface area contributed by atoms with E-state index in [4.69, 9.17) is 36.5 Å². The number of para-hydroxylation sites is 6. The zero-order valence-corrected chi connectivity index (χ0v) is 62.2. The highest BCUT2D eigenvalue weighted by molar-refractivity contribution is 6.15. The monoisotopic (exact) mass is 1480 g/mol. The summed E-state index contributed by atoms with van der Waals surface area (Å²) in [4.78, 5) is 35.5. The van der Waals surface area contributed by atoms with Gasteiger partial charge in [-0.15, -0.1) is 0 Å². The number of hydrogen-bond donors (Lipinski definition) is 0. The molecule has 0 saturated heterocycles. The Labute approximate surface area is 665 Å². The van der Waals surface area contributed by atoms with Crippen LogP contribution in [0.25, 0.3) is 217 Å². The van der Waals surface area contributed by atoms with Gasteiger partial charge in [0.15, 0.2) is 40.6 Å². The van der Waals surface area contributed by atoms with Crippen LogP contribution in [0.1, 0.15) is 5.56 Å². The molecule has 0 unspecified atom stereocenters. The Balaban J connectivity index is 0.718. The SMILES string of the molecule is [C-]#[N+]c1ccc(-n2c3ccccc3c3cc(-c4cc(-c5nc(-c6ccccc6)nc(-c6ccccc6)n5)cc(-n5c6ccccc6c6ccccc65)c4)ccc32)c(-c2cc(C#N)ccc2-n2c3ccccc3c3cc(-c4cc(-c5nc(-c6ccccc6)nc(-c6ccccc6)n5)cc(-n5c6ccccc6c6ccccc65)c4)ccc32)c1. The lowest BCUT2D eigenvalue weighted by Gasteiger charge is -2.19. The van der Waals surface area contributed by atoms with Crippen LogP contribution in [0.2, 0.25) is 0 Å². The maximum Gasteiger partial charge on any atom is 0.188 e. The Bertz CT molecular complexity index is 7170. The highest BCUT2D eigenvalue weighted by Gasteiger charge is 2.26. The van der Waals surface area contributed by atoms with Crippen LogP contribution in [0.15, 0.2) is 376 Å². The topological polar surface area (TPSA) is 125 Å². The van der Waals surface area contributed by atoms with E-state index >= 15 is 0 Å². The molecule has 116 heavy (non-hydrogen) atoms. The summed E-state index contributed by atoms with van der Waals surface area (Å²) in [7, 11) is 0. The lowest BCUT2D eigenvalue weighted by molar-refractivity contribution is 1.07. The molecule has 12 nitrogen and oxygen atoms in total. The molecule has 22 rings (SSSR count). The fourth-order valence-corrected chi connectivity index (χ4v) is 17.2. The second kappa shape index (κ2) is 27.3. The maximum atomic E-state index is 11.0. The van der Waals surface area contributed by atoms with Gasteiger partial charge in [-0.1, -0.05) is 249 Å². The number of nitrogens with zero attached hydrogens (tertiary/aromatic N) is 12. The van der Waals surface area contributed by atoms with E-state index in [0.717, 1.165) is 177 Å². The molecule has 16 aromatic carbocycles. The van der Waals surface area contributed by atoms with Crippen molar-refractivity contribution in [3.05, 3.63) is 393 Å². The van der Waals surface area contributed by atoms with Crippen molar-refractivity contribution in [1.82, 2.24) is 48.2 Å². The smallest absolute Gasteiger partial charge is 0.188 e. The van der Waals surface area contributed by atoms with Gasteiger partial charge in [-0.3, -0.25) is 0 Å². The minimum Gasteiger partial charge on any atom is -0.309 e. The molecule has 0 bridgehead atoms. The van der Waals surface area contributed by atoms with Crippen molar-refractivity contribution in [2.75, 3.05) is 0 Å². The van der Waals surface area contributed by atoms with Crippen LogP contribution in [0.3, 0.4) is 0 Å². The van der Waals surface area contributed by atoms with Gasteiger partial charge in [0, 0.05) is 93.4 Å². The van der Waals surface area contributed by atoms with Crippen LogP contribution in [-0.4, -0.2) is 48.2 Å². The molecule has 0 radical (unpaired) electrons. The first-order chi connectivity index (χ1) is 57.4. The van der Waals surface area contributed by atoms with E-state index < -0.39 is 0 Å². The summed E-state index contributed by atoms with van der Waals surface area (Å²) in [5.41, 5.74) is 23.3. The molecule has 6 heterocycles. The number of nitriles is 1. The standard InChI is InChI=1S/C104H62N12/c1-106-76-49-53-98(116-94-45-25-19-39-84(94)87-62-71(48-52-97(87)116)73-56-75(60-78(58-73)114-91-42-22-16-36-81(91)82-37-17-23-43-92(82)114)104-111-101(68-30-10-4-11-31-68)108-102(112-104)69-32-12-5-13-33-69)88(63-76)85-54-65(64-105)46-50-95(85)115-93-44-24-18-38-83(93)86-61-70(47-51-96(86)115)72-55-74(59-77(57-72)113-89-40-20-14-34-79(89)80-35-15-21-41-90(80)113)103-109-99(66-26-6-2-7-27-66)107-100(110-103)67-28-8-3-9-29-67/h2-63H. The van der Waals surface area contributed by atoms with Gasteiger partial charge in [-0.2, -0.15) is 5.26 Å². The van der Waals surface area contributed by atoms with Crippen molar-refractivity contribution in [1.29, 1.82) is 5.26 Å². The van der Waals surface area contributed by atoms with Crippen LogP contribution in [0.4, 0.5) is 5.69 Å². The van der Waals surface area contributed by atoms with Crippen LogP contribution in [-0.2, 0) is 0 Å². The van der Waals surface area contributed by atoms with E-state index in [1.165, 1.54) is 0 Å². The minimum atomic E-state index is 0.461. The zero-order valence-electron chi connectivity index (χ0n) is 62.2. The average molecular weight is 1480 g/mol. The molecule has 0 atom stereocenters. The van der Waals surface area contributed by atoms with Crippen molar-refractivity contribution in [3.63, 3.8) is 0 Å². The van der Waals surface area contributed by atoms with Crippen LogP contribution in [0.5, 0.6) is 0 Å². The molecule has 6 aromatic heterocycles. The molecule has 22 aromatic rings. The molecule has 12 heteroatoms.